The summed E-state index contributed by atoms with van der Waals surface area (Å²) in [4.78, 5) is 24.8. The van der Waals surface area contributed by atoms with Gasteiger partial charge in [0.1, 0.15) is 5.75 Å². The molecule has 2 aromatic carbocycles. The zero-order valence-electron chi connectivity index (χ0n) is 15.1. The van der Waals surface area contributed by atoms with Gasteiger partial charge in [-0.25, -0.2) is 0 Å². The van der Waals surface area contributed by atoms with Gasteiger partial charge in [0.25, 0.3) is 11.8 Å². The number of benzene rings is 2. The van der Waals surface area contributed by atoms with E-state index in [0.29, 0.717) is 11.1 Å². The van der Waals surface area contributed by atoms with E-state index < -0.39 is 0 Å². The Balaban J connectivity index is 0.000000186. The molecule has 25 heavy (non-hydrogen) atoms. The first kappa shape index (κ1) is 18.7. The van der Waals surface area contributed by atoms with Crippen molar-refractivity contribution in [1.82, 2.24) is 10.2 Å². The number of nitrogens with one attached hydrogen (secondary N) is 1. The van der Waals surface area contributed by atoms with Gasteiger partial charge in [-0.15, -0.1) is 0 Å². The Morgan fingerprint density at radius 1 is 0.960 bits per heavy atom. The van der Waals surface area contributed by atoms with E-state index in [-0.39, 0.29) is 17.9 Å². The highest BCUT2D eigenvalue weighted by Crippen LogP contribution is 2.23. The average molecular weight is 340 g/mol. The molecule has 1 aliphatic rings. The van der Waals surface area contributed by atoms with Crippen molar-refractivity contribution in [2.24, 2.45) is 0 Å². The fourth-order valence-corrected chi connectivity index (χ4v) is 2.62. The number of carbonyl (C=O) groups is 2. The van der Waals surface area contributed by atoms with Gasteiger partial charge in [0.2, 0.25) is 0 Å². The summed E-state index contributed by atoms with van der Waals surface area (Å²) in [5, 5.41) is 3.08. The zero-order valence-corrected chi connectivity index (χ0v) is 15.1. The molecule has 0 fully saturated rings. The molecule has 0 unspecified atom stereocenters. The van der Waals surface area contributed by atoms with Gasteiger partial charge in [-0.3, -0.25) is 14.5 Å². The smallest absolute Gasteiger partial charge is 0.261 e. The van der Waals surface area contributed by atoms with Gasteiger partial charge in [0, 0.05) is 12.6 Å². The lowest BCUT2D eigenvalue weighted by Crippen LogP contribution is -2.35. The summed E-state index contributed by atoms with van der Waals surface area (Å²) >= 11 is 0. The van der Waals surface area contributed by atoms with Crippen molar-refractivity contribution in [1.29, 1.82) is 0 Å². The van der Waals surface area contributed by atoms with E-state index in [1.807, 2.05) is 33.0 Å². The number of imide groups is 1. The van der Waals surface area contributed by atoms with Crippen LogP contribution >= 0.6 is 0 Å². The van der Waals surface area contributed by atoms with E-state index in [4.69, 9.17) is 4.74 Å². The van der Waals surface area contributed by atoms with E-state index in [1.54, 1.807) is 31.4 Å². The van der Waals surface area contributed by atoms with Crippen molar-refractivity contribution in [3.8, 4) is 5.75 Å². The SMILES string of the molecule is CC(C)N1C(=O)c2ccccc2C1=O.CNCc1ccc(OC)cc1. The summed E-state index contributed by atoms with van der Waals surface area (Å²) in [5.74, 6) is 0.547. The van der Waals surface area contributed by atoms with Gasteiger partial charge in [-0.2, -0.15) is 0 Å². The molecule has 132 valence electrons. The molecule has 0 aromatic heterocycles. The number of nitrogens with zero attached hydrogens (tertiary/aromatic N) is 1. The Labute approximate surface area is 148 Å². The lowest BCUT2D eigenvalue weighted by molar-refractivity contribution is 0.0609. The standard InChI is InChI=1S/C11H11NO2.C9H13NO/c1-7(2)12-10(13)8-5-3-4-6-9(8)11(12)14;1-10-7-8-3-5-9(11-2)6-4-8/h3-7H,1-2H3;3-6,10H,7H2,1-2H3. The Bertz CT molecular complexity index is 704. The molecule has 0 spiro atoms. The first-order valence-corrected chi connectivity index (χ1v) is 8.24. The Morgan fingerprint density at radius 2 is 1.48 bits per heavy atom. The predicted molar refractivity (Wildman–Crippen MR) is 97.8 cm³/mol. The van der Waals surface area contributed by atoms with E-state index in [0.717, 1.165) is 12.3 Å². The maximum Gasteiger partial charge on any atom is 0.261 e. The van der Waals surface area contributed by atoms with Crippen LogP contribution in [0.1, 0.15) is 40.1 Å². The van der Waals surface area contributed by atoms with Crippen LogP contribution in [0.2, 0.25) is 0 Å². The molecule has 0 atom stereocenters. The highest BCUT2D eigenvalue weighted by molar-refractivity contribution is 6.21. The maximum absolute atomic E-state index is 11.8. The summed E-state index contributed by atoms with van der Waals surface area (Å²) in [7, 11) is 3.61. The minimum Gasteiger partial charge on any atom is -0.497 e. The molecular weight excluding hydrogens is 316 g/mol. The van der Waals surface area contributed by atoms with Crippen LogP contribution in [0.25, 0.3) is 0 Å². The number of amides is 2. The fourth-order valence-electron chi connectivity index (χ4n) is 2.62. The predicted octanol–water partition coefficient (Wildman–Crippen LogP) is 3.11. The van der Waals surface area contributed by atoms with Crippen molar-refractivity contribution in [2.75, 3.05) is 14.2 Å². The lowest BCUT2D eigenvalue weighted by Gasteiger charge is -2.17. The maximum atomic E-state index is 11.8. The summed E-state index contributed by atoms with van der Waals surface area (Å²) in [5.41, 5.74) is 2.31. The van der Waals surface area contributed by atoms with E-state index in [1.165, 1.54) is 10.5 Å². The summed E-state index contributed by atoms with van der Waals surface area (Å²) < 4.78 is 5.03. The Hall–Kier alpha value is -2.66. The molecule has 0 aliphatic carbocycles. The van der Waals surface area contributed by atoms with Crippen molar-refractivity contribution in [2.45, 2.75) is 26.4 Å². The molecule has 1 heterocycles. The second-order valence-corrected chi connectivity index (χ2v) is 6.00. The van der Waals surface area contributed by atoms with E-state index in [9.17, 15) is 9.59 Å². The number of hydrogen-bond donors (Lipinski definition) is 1. The molecule has 5 heteroatoms. The second kappa shape index (κ2) is 8.44. The number of hydrogen-bond acceptors (Lipinski definition) is 4. The normalized spacial score (nSPS) is 12.8. The third-order valence-electron chi connectivity index (χ3n) is 3.88. The first-order chi connectivity index (χ1) is 12.0. The first-order valence-electron chi connectivity index (χ1n) is 8.24. The van der Waals surface area contributed by atoms with Crippen LogP contribution in [0.4, 0.5) is 0 Å². The van der Waals surface area contributed by atoms with Crippen molar-refractivity contribution in [3.05, 3.63) is 65.2 Å². The number of carbonyl (C=O) groups excluding carboxylic acids is 2. The molecule has 0 saturated carbocycles. The van der Waals surface area contributed by atoms with Crippen molar-refractivity contribution in [3.63, 3.8) is 0 Å². The highest BCUT2D eigenvalue weighted by atomic mass is 16.5. The van der Waals surface area contributed by atoms with E-state index >= 15 is 0 Å². The molecule has 5 nitrogen and oxygen atoms in total. The minimum absolute atomic E-state index is 0.0811. The molecule has 2 amide bonds. The van der Waals surface area contributed by atoms with Crippen LogP contribution in [0, 0.1) is 0 Å². The van der Waals surface area contributed by atoms with Gasteiger partial charge >= 0.3 is 0 Å². The molecule has 1 N–H and O–H groups in total. The number of rotatable bonds is 4. The second-order valence-electron chi connectivity index (χ2n) is 6.00. The summed E-state index contributed by atoms with van der Waals surface area (Å²) in [6.45, 7) is 4.58. The van der Waals surface area contributed by atoms with Crippen LogP contribution in [0.5, 0.6) is 5.75 Å². The number of ether oxygens (including phenoxy) is 1. The van der Waals surface area contributed by atoms with Crippen LogP contribution < -0.4 is 10.1 Å². The van der Waals surface area contributed by atoms with E-state index in [2.05, 4.69) is 17.4 Å². The molecule has 2 aromatic rings. The molecule has 0 bridgehead atoms. The third kappa shape index (κ3) is 4.25. The Morgan fingerprint density at radius 3 is 1.88 bits per heavy atom. The van der Waals surface area contributed by atoms with Crippen molar-refractivity contribution < 1.29 is 14.3 Å². The van der Waals surface area contributed by atoms with Gasteiger partial charge in [-0.1, -0.05) is 24.3 Å². The number of methoxy groups -OCH3 is 1. The largest absolute Gasteiger partial charge is 0.497 e. The van der Waals surface area contributed by atoms with Gasteiger partial charge in [0.05, 0.1) is 18.2 Å². The van der Waals surface area contributed by atoms with Gasteiger partial charge in [-0.05, 0) is 50.7 Å². The fraction of sp³-hybridized carbons (Fsp3) is 0.300. The molecule has 1 aliphatic heterocycles. The summed E-state index contributed by atoms with van der Waals surface area (Å²) in [6, 6.07) is 14.9. The highest BCUT2D eigenvalue weighted by Gasteiger charge is 2.36. The lowest BCUT2D eigenvalue weighted by atomic mass is 10.1. The van der Waals surface area contributed by atoms with Crippen LogP contribution in [0.15, 0.2) is 48.5 Å². The number of fused-ring (bicyclic) bond motifs is 1. The minimum atomic E-state index is -0.180. The Kier molecular flexibility index (Phi) is 6.31. The summed E-state index contributed by atoms with van der Waals surface area (Å²) in [6.07, 6.45) is 0. The van der Waals surface area contributed by atoms with Crippen LogP contribution in [-0.4, -0.2) is 36.9 Å². The van der Waals surface area contributed by atoms with Crippen molar-refractivity contribution >= 4 is 11.8 Å². The third-order valence-corrected chi connectivity index (χ3v) is 3.88. The monoisotopic (exact) mass is 340 g/mol. The quantitative estimate of drug-likeness (QED) is 0.869. The molecule has 0 radical (unpaired) electrons. The van der Waals surface area contributed by atoms with Crippen LogP contribution in [-0.2, 0) is 6.54 Å². The van der Waals surface area contributed by atoms with Gasteiger partial charge < -0.3 is 10.1 Å². The topological polar surface area (TPSA) is 58.6 Å². The molecule has 3 rings (SSSR count). The molecular formula is C20H24N2O3. The average Bonchev–Trinajstić information content (AvgIpc) is 2.88. The molecule has 0 saturated heterocycles. The zero-order chi connectivity index (χ0) is 18.4. The van der Waals surface area contributed by atoms with Crippen LogP contribution in [0.3, 0.4) is 0 Å². The van der Waals surface area contributed by atoms with Gasteiger partial charge in [0.15, 0.2) is 0 Å².